The smallest absolute Gasteiger partial charge is 0.258 e. The summed E-state index contributed by atoms with van der Waals surface area (Å²) in [7, 11) is 1.66. The lowest BCUT2D eigenvalue weighted by atomic mass is 10.0. The maximum Gasteiger partial charge on any atom is 0.258 e. The standard InChI is InChI=1S/C21H27NO3/c1-6-18(17-10-11-19(24-5)15(3)12-17)22-21(23)13-25-20-9-7-8-14(2)16(20)4/h7-12,18H,6,13H2,1-5H3,(H,22,23)/t18-/m0/s1. The fourth-order valence-electron chi connectivity index (χ4n) is 2.80. The van der Waals surface area contributed by atoms with Gasteiger partial charge in [-0.15, -0.1) is 0 Å². The number of aryl methyl sites for hydroxylation is 2. The van der Waals surface area contributed by atoms with Crippen molar-refractivity contribution in [2.24, 2.45) is 0 Å². The maximum absolute atomic E-state index is 12.3. The van der Waals surface area contributed by atoms with Gasteiger partial charge in [0.2, 0.25) is 0 Å². The van der Waals surface area contributed by atoms with Crippen LogP contribution in [0.2, 0.25) is 0 Å². The van der Waals surface area contributed by atoms with Crippen LogP contribution in [0.25, 0.3) is 0 Å². The Labute approximate surface area is 150 Å². The summed E-state index contributed by atoms with van der Waals surface area (Å²) in [5.41, 5.74) is 4.34. The zero-order valence-electron chi connectivity index (χ0n) is 15.7. The molecule has 0 aliphatic carbocycles. The maximum atomic E-state index is 12.3. The van der Waals surface area contributed by atoms with Crippen LogP contribution in [-0.4, -0.2) is 19.6 Å². The van der Waals surface area contributed by atoms with E-state index in [9.17, 15) is 4.79 Å². The number of rotatable bonds is 7. The van der Waals surface area contributed by atoms with Crippen molar-refractivity contribution in [2.75, 3.05) is 13.7 Å². The molecule has 0 fully saturated rings. The van der Waals surface area contributed by atoms with Crippen LogP contribution in [0.15, 0.2) is 36.4 Å². The predicted octanol–water partition coefficient (Wildman–Crippen LogP) is 4.27. The van der Waals surface area contributed by atoms with E-state index in [0.29, 0.717) is 0 Å². The van der Waals surface area contributed by atoms with Crippen molar-refractivity contribution in [3.63, 3.8) is 0 Å². The minimum Gasteiger partial charge on any atom is -0.496 e. The van der Waals surface area contributed by atoms with Gasteiger partial charge >= 0.3 is 0 Å². The molecule has 1 amide bonds. The molecule has 0 saturated carbocycles. The van der Waals surface area contributed by atoms with Gasteiger partial charge in [-0.05, 0) is 61.6 Å². The van der Waals surface area contributed by atoms with Gasteiger partial charge in [-0.1, -0.05) is 31.2 Å². The SMILES string of the molecule is CC[C@H](NC(=O)COc1cccc(C)c1C)c1ccc(OC)c(C)c1. The van der Waals surface area contributed by atoms with Crippen LogP contribution in [0.5, 0.6) is 11.5 Å². The van der Waals surface area contributed by atoms with Gasteiger partial charge in [-0.25, -0.2) is 0 Å². The molecule has 134 valence electrons. The highest BCUT2D eigenvalue weighted by atomic mass is 16.5. The quantitative estimate of drug-likeness (QED) is 0.818. The summed E-state index contributed by atoms with van der Waals surface area (Å²) in [5.74, 6) is 1.48. The third-order valence-corrected chi connectivity index (χ3v) is 4.48. The second-order valence-electron chi connectivity index (χ2n) is 6.24. The molecule has 2 aromatic carbocycles. The van der Waals surface area contributed by atoms with E-state index in [1.807, 2.05) is 51.1 Å². The third-order valence-electron chi connectivity index (χ3n) is 4.48. The summed E-state index contributed by atoms with van der Waals surface area (Å²) in [5, 5.41) is 3.05. The van der Waals surface area contributed by atoms with Crippen molar-refractivity contribution in [2.45, 2.75) is 40.2 Å². The second kappa shape index (κ2) is 8.56. The molecule has 0 heterocycles. The lowest BCUT2D eigenvalue weighted by Gasteiger charge is -2.19. The molecule has 0 unspecified atom stereocenters. The molecule has 0 aromatic heterocycles. The Kier molecular flexibility index (Phi) is 6.45. The van der Waals surface area contributed by atoms with Crippen molar-refractivity contribution in [1.29, 1.82) is 0 Å². The van der Waals surface area contributed by atoms with Gasteiger partial charge in [0, 0.05) is 0 Å². The Morgan fingerprint density at radius 2 is 1.84 bits per heavy atom. The highest BCUT2D eigenvalue weighted by molar-refractivity contribution is 5.78. The van der Waals surface area contributed by atoms with Crippen LogP contribution in [0.3, 0.4) is 0 Å². The number of nitrogens with one attached hydrogen (secondary N) is 1. The molecule has 4 nitrogen and oxygen atoms in total. The monoisotopic (exact) mass is 341 g/mol. The summed E-state index contributed by atoms with van der Waals surface area (Å²) in [4.78, 5) is 12.3. The minimum absolute atomic E-state index is 0.00985. The van der Waals surface area contributed by atoms with Gasteiger partial charge in [0.25, 0.3) is 5.91 Å². The number of carbonyl (C=O) groups excluding carboxylic acids is 1. The molecule has 0 spiro atoms. The van der Waals surface area contributed by atoms with Crippen LogP contribution in [0.1, 0.15) is 41.6 Å². The number of amides is 1. The Bertz CT molecular complexity index is 740. The molecule has 4 heteroatoms. The number of ether oxygens (including phenoxy) is 2. The first-order valence-electron chi connectivity index (χ1n) is 8.59. The molecule has 0 aliphatic heterocycles. The van der Waals surface area contributed by atoms with Gasteiger partial charge in [0.15, 0.2) is 6.61 Å². The summed E-state index contributed by atoms with van der Waals surface area (Å²) in [6.45, 7) is 8.09. The predicted molar refractivity (Wildman–Crippen MR) is 100 cm³/mol. The molecule has 0 saturated heterocycles. The van der Waals surface area contributed by atoms with Crippen molar-refractivity contribution >= 4 is 5.91 Å². The molecule has 0 radical (unpaired) electrons. The Morgan fingerprint density at radius 1 is 1.08 bits per heavy atom. The molecule has 1 atom stereocenters. The average molecular weight is 341 g/mol. The lowest BCUT2D eigenvalue weighted by Crippen LogP contribution is -2.32. The van der Waals surface area contributed by atoms with Crippen molar-refractivity contribution in [3.8, 4) is 11.5 Å². The van der Waals surface area contributed by atoms with E-state index in [2.05, 4.69) is 18.3 Å². The zero-order chi connectivity index (χ0) is 18.4. The number of carbonyl (C=O) groups is 1. The molecule has 0 bridgehead atoms. The fraction of sp³-hybridized carbons (Fsp3) is 0.381. The van der Waals surface area contributed by atoms with E-state index >= 15 is 0 Å². The van der Waals surface area contributed by atoms with Crippen molar-refractivity contribution < 1.29 is 14.3 Å². The second-order valence-corrected chi connectivity index (χ2v) is 6.24. The van der Waals surface area contributed by atoms with Gasteiger partial charge in [-0.3, -0.25) is 4.79 Å². The zero-order valence-corrected chi connectivity index (χ0v) is 15.7. The van der Waals surface area contributed by atoms with Gasteiger partial charge < -0.3 is 14.8 Å². The van der Waals surface area contributed by atoms with Crippen LogP contribution < -0.4 is 14.8 Å². The van der Waals surface area contributed by atoms with E-state index in [1.54, 1.807) is 7.11 Å². The summed E-state index contributed by atoms with van der Waals surface area (Å²) in [6, 6.07) is 11.8. The lowest BCUT2D eigenvalue weighted by molar-refractivity contribution is -0.123. The van der Waals surface area contributed by atoms with E-state index in [1.165, 1.54) is 0 Å². The van der Waals surface area contributed by atoms with Gasteiger partial charge in [-0.2, -0.15) is 0 Å². The van der Waals surface area contributed by atoms with E-state index in [0.717, 1.165) is 40.2 Å². The molecule has 1 N–H and O–H groups in total. The third kappa shape index (κ3) is 4.75. The molecule has 25 heavy (non-hydrogen) atoms. The van der Waals surface area contributed by atoms with Crippen molar-refractivity contribution in [1.82, 2.24) is 5.32 Å². The topological polar surface area (TPSA) is 47.6 Å². The summed E-state index contributed by atoms with van der Waals surface area (Å²) < 4.78 is 11.0. The van der Waals surface area contributed by atoms with Crippen molar-refractivity contribution in [3.05, 3.63) is 58.7 Å². The Hall–Kier alpha value is -2.49. The van der Waals surface area contributed by atoms with Crippen LogP contribution in [-0.2, 0) is 4.79 Å². The summed E-state index contributed by atoms with van der Waals surface area (Å²) >= 11 is 0. The molecule has 0 aliphatic rings. The molecular weight excluding hydrogens is 314 g/mol. The fourth-order valence-corrected chi connectivity index (χ4v) is 2.80. The average Bonchev–Trinajstić information content (AvgIpc) is 2.60. The minimum atomic E-state index is -0.124. The highest BCUT2D eigenvalue weighted by Crippen LogP contribution is 2.24. The number of methoxy groups -OCH3 is 1. The Morgan fingerprint density at radius 3 is 2.48 bits per heavy atom. The summed E-state index contributed by atoms with van der Waals surface area (Å²) in [6.07, 6.45) is 0.807. The molecule has 2 rings (SSSR count). The highest BCUT2D eigenvalue weighted by Gasteiger charge is 2.15. The first kappa shape index (κ1) is 18.8. The Balaban J connectivity index is 2.00. The van der Waals surface area contributed by atoms with Gasteiger partial charge in [0.05, 0.1) is 13.2 Å². The largest absolute Gasteiger partial charge is 0.496 e. The van der Waals surface area contributed by atoms with Crippen LogP contribution in [0.4, 0.5) is 0 Å². The van der Waals surface area contributed by atoms with E-state index < -0.39 is 0 Å². The first-order chi connectivity index (χ1) is 12.0. The molecule has 2 aromatic rings. The van der Waals surface area contributed by atoms with E-state index in [4.69, 9.17) is 9.47 Å². The normalized spacial score (nSPS) is 11.7. The van der Waals surface area contributed by atoms with E-state index in [-0.39, 0.29) is 18.6 Å². The van der Waals surface area contributed by atoms with Crippen LogP contribution in [0, 0.1) is 20.8 Å². The van der Waals surface area contributed by atoms with Gasteiger partial charge in [0.1, 0.15) is 11.5 Å². The molecular formula is C21H27NO3. The first-order valence-corrected chi connectivity index (χ1v) is 8.59. The number of hydrogen-bond donors (Lipinski definition) is 1. The van der Waals surface area contributed by atoms with Crippen LogP contribution >= 0.6 is 0 Å². The number of hydrogen-bond acceptors (Lipinski definition) is 3. The number of benzene rings is 2.